The second-order valence-corrected chi connectivity index (χ2v) is 6.08. The molecule has 8 nitrogen and oxygen atoms in total. The van der Waals surface area contributed by atoms with Crippen LogP contribution in [0.3, 0.4) is 0 Å². The number of aryl methyl sites for hydroxylation is 1. The lowest BCUT2D eigenvalue weighted by atomic mass is 10.1. The number of carbonyl (C=O) groups is 1. The number of rotatable bonds is 3. The first kappa shape index (κ1) is 16.7. The summed E-state index contributed by atoms with van der Waals surface area (Å²) in [6.45, 7) is 0. The molecule has 0 fully saturated rings. The van der Waals surface area contributed by atoms with Crippen LogP contribution in [0.15, 0.2) is 46.2 Å². The van der Waals surface area contributed by atoms with E-state index in [4.69, 9.17) is 0 Å². The van der Waals surface area contributed by atoms with Crippen molar-refractivity contribution >= 4 is 17.1 Å². The van der Waals surface area contributed by atoms with Gasteiger partial charge < -0.3 is 9.47 Å². The monoisotopic (exact) mass is 341 g/mol. The van der Waals surface area contributed by atoms with Crippen molar-refractivity contribution in [2.24, 2.45) is 14.1 Å². The number of benzene rings is 1. The van der Waals surface area contributed by atoms with Crippen LogP contribution in [-0.4, -0.2) is 43.6 Å². The zero-order chi connectivity index (χ0) is 18.3. The lowest BCUT2D eigenvalue weighted by molar-refractivity contribution is -0.130. The van der Waals surface area contributed by atoms with Crippen LogP contribution in [0.4, 0.5) is 0 Å². The van der Waals surface area contributed by atoms with E-state index in [9.17, 15) is 14.4 Å². The number of nitrogens with zero attached hydrogens (tertiary/aromatic N) is 5. The SMILES string of the molecule is CN(C)C(=O)C(c1ccccc1)n1cnc2c1c(=O)n(C)c(=O)n2C. The Kier molecular flexibility index (Phi) is 4.03. The summed E-state index contributed by atoms with van der Waals surface area (Å²) in [6.07, 6.45) is 1.44. The van der Waals surface area contributed by atoms with E-state index in [0.29, 0.717) is 0 Å². The summed E-state index contributed by atoms with van der Waals surface area (Å²) in [5, 5.41) is 0. The van der Waals surface area contributed by atoms with E-state index in [1.54, 1.807) is 21.1 Å². The molecule has 130 valence electrons. The summed E-state index contributed by atoms with van der Waals surface area (Å²) in [5.74, 6) is -0.193. The van der Waals surface area contributed by atoms with E-state index < -0.39 is 17.3 Å². The molecule has 1 aromatic carbocycles. The molecule has 0 saturated heterocycles. The molecule has 3 rings (SSSR count). The predicted molar refractivity (Wildman–Crippen MR) is 93.5 cm³/mol. The molecular formula is C17H19N5O3. The molecule has 0 bridgehead atoms. The molecule has 8 heteroatoms. The van der Waals surface area contributed by atoms with Crippen molar-refractivity contribution in [3.8, 4) is 0 Å². The van der Waals surface area contributed by atoms with Gasteiger partial charge in [-0.25, -0.2) is 9.78 Å². The van der Waals surface area contributed by atoms with Crippen LogP contribution < -0.4 is 11.2 Å². The second kappa shape index (κ2) is 6.04. The molecule has 1 unspecified atom stereocenters. The number of hydrogen-bond acceptors (Lipinski definition) is 4. The van der Waals surface area contributed by atoms with Crippen molar-refractivity contribution < 1.29 is 4.79 Å². The van der Waals surface area contributed by atoms with E-state index in [1.165, 1.54) is 27.4 Å². The van der Waals surface area contributed by atoms with Crippen molar-refractivity contribution in [2.75, 3.05) is 14.1 Å². The quantitative estimate of drug-likeness (QED) is 0.677. The van der Waals surface area contributed by atoms with Gasteiger partial charge in [-0.3, -0.25) is 18.7 Å². The third-order valence-corrected chi connectivity index (χ3v) is 4.24. The Labute approximate surface area is 143 Å². The van der Waals surface area contributed by atoms with E-state index in [-0.39, 0.29) is 17.1 Å². The first-order valence-corrected chi connectivity index (χ1v) is 7.73. The van der Waals surface area contributed by atoms with Gasteiger partial charge in [0.1, 0.15) is 6.04 Å². The minimum absolute atomic E-state index is 0.193. The molecule has 0 aliphatic rings. The van der Waals surface area contributed by atoms with Gasteiger partial charge in [0.05, 0.1) is 6.33 Å². The third-order valence-electron chi connectivity index (χ3n) is 4.24. The second-order valence-electron chi connectivity index (χ2n) is 6.08. The molecule has 0 saturated carbocycles. The van der Waals surface area contributed by atoms with Crippen LogP contribution in [-0.2, 0) is 18.9 Å². The fourth-order valence-electron chi connectivity index (χ4n) is 2.86. The fourth-order valence-corrected chi connectivity index (χ4v) is 2.86. The number of likely N-dealkylation sites (N-methyl/N-ethyl adjacent to an activating group) is 1. The van der Waals surface area contributed by atoms with Gasteiger partial charge in [0.25, 0.3) is 5.56 Å². The molecule has 0 spiro atoms. The first-order chi connectivity index (χ1) is 11.8. The van der Waals surface area contributed by atoms with Gasteiger partial charge in [-0.05, 0) is 5.56 Å². The highest BCUT2D eigenvalue weighted by Gasteiger charge is 2.27. The smallest absolute Gasteiger partial charge is 0.332 e. The number of imidazole rings is 1. The van der Waals surface area contributed by atoms with E-state index in [0.717, 1.165) is 10.1 Å². The number of aromatic nitrogens is 4. The first-order valence-electron chi connectivity index (χ1n) is 7.73. The van der Waals surface area contributed by atoms with Crippen molar-refractivity contribution in [1.29, 1.82) is 0 Å². The highest BCUT2D eigenvalue weighted by atomic mass is 16.2. The standard InChI is InChI=1S/C17H19N5O3/c1-19(2)15(23)12(11-8-6-5-7-9-11)22-10-18-14-13(22)16(24)21(4)17(25)20(14)3/h5-10,12H,1-4H3. The molecule has 25 heavy (non-hydrogen) atoms. The number of carbonyl (C=O) groups excluding carboxylic acids is 1. The Bertz CT molecular complexity index is 1060. The summed E-state index contributed by atoms with van der Waals surface area (Å²) in [7, 11) is 6.27. The highest BCUT2D eigenvalue weighted by Crippen LogP contribution is 2.23. The van der Waals surface area contributed by atoms with Gasteiger partial charge in [-0.2, -0.15) is 0 Å². The Balaban J connectivity index is 2.37. The molecule has 1 amide bonds. The maximum Gasteiger partial charge on any atom is 0.332 e. The van der Waals surface area contributed by atoms with Gasteiger partial charge in [0.15, 0.2) is 11.2 Å². The minimum atomic E-state index is -0.744. The predicted octanol–water partition coefficient (Wildman–Crippen LogP) is 0.111. The highest BCUT2D eigenvalue weighted by molar-refractivity contribution is 5.85. The van der Waals surface area contributed by atoms with E-state index in [2.05, 4.69) is 4.98 Å². The Morgan fingerprint density at radius 2 is 1.72 bits per heavy atom. The van der Waals surface area contributed by atoms with Crippen LogP contribution in [0.25, 0.3) is 11.2 Å². The summed E-state index contributed by atoms with van der Waals surface area (Å²) >= 11 is 0. The Morgan fingerprint density at radius 3 is 2.32 bits per heavy atom. The largest absolute Gasteiger partial charge is 0.347 e. The lowest BCUT2D eigenvalue weighted by Gasteiger charge is -2.22. The molecule has 0 radical (unpaired) electrons. The van der Waals surface area contributed by atoms with Gasteiger partial charge in [-0.15, -0.1) is 0 Å². The van der Waals surface area contributed by atoms with Crippen LogP contribution in [0, 0.1) is 0 Å². The molecule has 2 aromatic heterocycles. The lowest BCUT2D eigenvalue weighted by Crippen LogP contribution is -2.39. The van der Waals surface area contributed by atoms with Gasteiger partial charge in [0, 0.05) is 28.2 Å². The number of hydrogen-bond donors (Lipinski definition) is 0. The van der Waals surface area contributed by atoms with Gasteiger partial charge in [0.2, 0.25) is 5.91 Å². The fraction of sp³-hybridized carbons (Fsp3) is 0.294. The number of amides is 1. The van der Waals surface area contributed by atoms with E-state index >= 15 is 0 Å². The summed E-state index contributed by atoms with van der Waals surface area (Å²) in [6, 6.07) is 8.42. The van der Waals surface area contributed by atoms with Crippen LogP contribution in [0.1, 0.15) is 11.6 Å². The average Bonchev–Trinajstić information content (AvgIpc) is 3.04. The molecule has 3 aromatic rings. The summed E-state index contributed by atoms with van der Waals surface area (Å²) in [4.78, 5) is 43.3. The summed E-state index contributed by atoms with van der Waals surface area (Å²) < 4.78 is 3.85. The molecule has 0 aliphatic carbocycles. The van der Waals surface area contributed by atoms with Crippen LogP contribution >= 0.6 is 0 Å². The minimum Gasteiger partial charge on any atom is -0.347 e. The van der Waals surface area contributed by atoms with Gasteiger partial charge in [-0.1, -0.05) is 30.3 Å². The number of fused-ring (bicyclic) bond motifs is 1. The van der Waals surface area contributed by atoms with Crippen LogP contribution in [0.5, 0.6) is 0 Å². The molecule has 1 atom stereocenters. The van der Waals surface area contributed by atoms with Crippen molar-refractivity contribution in [1.82, 2.24) is 23.6 Å². The maximum atomic E-state index is 12.8. The van der Waals surface area contributed by atoms with Crippen molar-refractivity contribution in [3.63, 3.8) is 0 Å². The third kappa shape index (κ3) is 2.55. The van der Waals surface area contributed by atoms with Gasteiger partial charge >= 0.3 is 5.69 Å². The molecular weight excluding hydrogens is 322 g/mol. The zero-order valence-corrected chi connectivity index (χ0v) is 14.5. The van der Waals surface area contributed by atoms with Crippen LogP contribution in [0.2, 0.25) is 0 Å². The average molecular weight is 341 g/mol. The normalized spacial score (nSPS) is 12.3. The van der Waals surface area contributed by atoms with E-state index in [1.807, 2.05) is 30.3 Å². The Hall–Kier alpha value is -3.16. The molecule has 2 heterocycles. The van der Waals surface area contributed by atoms with Crippen molar-refractivity contribution in [3.05, 3.63) is 63.1 Å². The maximum absolute atomic E-state index is 12.8. The Morgan fingerprint density at radius 1 is 1.08 bits per heavy atom. The van der Waals surface area contributed by atoms with Crippen molar-refractivity contribution in [2.45, 2.75) is 6.04 Å². The zero-order valence-electron chi connectivity index (χ0n) is 14.5. The summed E-state index contributed by atoms with van der Waals surface area (Å²) in [5.41, 5.74) is 0.256. The molecule has 0 N–H and O–H groups in total. The topological polar surface area (TPSA) is 82.1 Å². The molecule has 0 aliphatic heterocycles.